The third-order valence-corrected chi connectivity index (χ3v) is 6.39. The number of unbranched alkanes of at least 4 members (excludes halogenated alkanes) is 2. The number of ether oxygens (including phenoxy) is 1. The molecule has 41 heavy (non-hydrogen) atoms. The summed E-state index contributed by atoms with van der Waals surface area (Å²) in [6.07, 6.45) is -7.51. The van der Waals surface area contributed by atoms with E-state index in [9.17, 15) is 48.3 Å². The fourth-order valence-electron chi connectivity index (χ4n) is 4.40. The molecule has 1 nitrogen and oxygen atoms in total. The van der Waals surface area contributed by atoms with Crippen molar-refractivity contribution in [2.45, 2.75) is 44.9 Å². The van der Waals surface area contributed by atoms with E-state index in [1.165, 1.54) is 12.1 Å². The second-order valence-electron chi connectivity index (χ2n) is 9.22. The van der Waals surface area contributed by atoms with Gasteiger partial charge in [-0.1, -0.05) is 38.0 Å². The van der Waals surface area contributed by atoms with Crippen molar-refractivity contribution < 1.29 is 53.0 Å². The van der Waals surface area contributed by atoms with Crippen molar-refractivity contribution in [1.82, 2.24) is 0 Å². The lowest BCUT2D eigenvalue weighted by Crippen LogP contribution is -2.23. The minimum Gasteiger partial charge on any atom is -0.429 e. The predicted molar refractivity (Wildman–Crippen MR) is 128 cm³/mol. The molecule has 0 aliphatic heterocycles. The van der Waals surface area contributed by atoms with Gasteiger partial charge in [0.25, 0.3) is 0 Å². The Kier molecular flexibility index (Phi) is 8.24. The Morgan fingerprint density at radius 2 is 1.39 bits per heavy atom. The lowest BCUT2D eigenvalue weighted by molar-refractivity contribution is -0.187. The zero-order valence-corrected chi connectivity index (χ0v) is 21.0. The summed E-state index contributed by atoms with van der Waals surface area (Å²) in [6, 6.07) is 5.06. The molecule has 0 N–H and O–H groups in total. The van der Waals surface area contributed by atoms with Crippen LogP contribution in [0.2, 0.25) is 0 Å². The SMILES string of the molecule is CCCCCc1ccc(-c2ccc(C(F)(F)Oc3cc(F)c4c(F)c(C(F)(F)F)c(F)cc4c3)c(F)c2)c(F)c1F. The van der Waals surface area contributed by atoms with Crippen LogP contribution in [0.5, 0.6) is 5.75 Å². The standard InChI is InChI=1S/C29H19F11O/c1-2-3-4-5-14-6-8-18(26(34)25(14)33)15-7-9-19(20(30)11-15)29(39,40)41-17-10-16-12-22(32)24(28(36,37)38)27(35)23(16)21(31)13-17/h6-13H,2-5H2,1H3. The summed E-state index contributed by atoms with van der Waals surface area (Å²) in [5.74, 6) is -11.3. The van der Waals surface area contributed by atoms with Crippen LogP contribution in [-0.4, -0.2) is 0 Å². The molecular weight excluding hydrogens is 573 g/mol. The van der Waals surface area contributed by atoms with Crippen LogP contribution < -0.4 is 4.74 Å². The number of benzene rings is 4. The lowest BCUT2D eigenvalue weighted by Gasteiger charge is -2.20. The van der Waals surface area contributed by atoms with Crippen LogP contribution in [0.4, 0.5) is 48.3 Å². The normalized spacial score (nSPS) is 12.3. The molecule has 0 heterocycles. The Morgan fingerprint density at radius 1 is 0.683 bits per heavy atom. The first-order chi connectivity index (χ1) is 19.2. The molecule has 0 fully saturated rings. The fraction of sp³-hybridized carbons (Fsp3) is 0.241. The molecule has 0 atom stereocenters. The molecular formula is C29H19F11O. The predicted octanol–water partition coefficient (Wildman–Crippen LogP) is 10.2. The molecule has 0 aliphatic rings. The van der Waals surface area contributed by atoms with Gasteiger partial charge in [0.05, 0.1) is 10.9 Å². The van der Waals surface area contributed by atoms with Gasteiger partial charge < -0.3 is 4.74 Å². The van der Waals surface area contributed by atoms with E-state index < -0.39 is 80.4 Å². The number of aryl methyl sites for hydroxylation is 1. The topological polar surface area (TPSA) is 9.23 Å². The zero-order valence-electron chi connectivity index (χ0n) is 21.0. The Labute approximate surface area is 226 Å². The van der Waals surface area contributed by atoms with Crippen LogP contribution in [0.3, 0.4) is 0 Å². The van der Waals surface area contributed by atoms with Crippen molar-refractivity contribution in [2.75, 3.05) is 0 Å². The maximum absolute atomic E-state index is 14.9. The molecule has 0 unspecified atom stereocenters. The molecule has 218 valence electrons. The van der Waals surface area contributed by atoms with Crippen molar-refractivity contribution in [3.63, 3.8) is 0 Å². The van der Waals surface area contributed by atoms with E-state index >= 15 is 0 Å². The molecule has 0 bridgehead atoms. The lowest BCUT2D eigenvalue weighted by atomic mass is 9.98. The number of rotatable bonds is 8. The monoisotopic (exact) mass is 592 g/mol. The van der Waals surface area contributed by atoms with Crippen LogP contribution in [0.15, 0.2) is 48.5 Å². The minimum absolute atomic E-state index is 0.0907. The summed E-state index contributed by atoms with van der Waals surface area (Å²) in [5, 5.41) is -2.19. The number of hydrogen-bond donors (Lipinski definition) is 0. The first-order valence-electron chi connectivity index (χ1n) is 12.2. The van der Waals surface area contributed by atoms with E-state index in [0.29, 0.717) is 24.6 Å². The Morgan fingerprint density at radius 3 is 2.02 bits per heavy atom. The highest BCUT2D eigenvalue weighted by Gasteiger charge is 2.40. The minimum atomic E-state index is -5.51. The second kappa shape index (κ2) is 11.2. The average molecular weight is 592 g/mol. The van der Waals surface area contributed by atoms with Crippen LogP contribution in [0, 0.1) is 34.9 Å². The summed E-state index contributed by atoms with van der Waals surface area (Å²) in [4.78, 5) is 0. The summed E-state index contributed by atoms with van der Waals surface area (Å²) in [7, 11) is 0. The summed E-state index contributed by atoms with van der Waals surface area (Å²) < 4.78 is 160. The molecule has 0 aromatic heterocycles. The molecule has 0 radical (unpaired) electrons. The first kappa shape index (κ1) is 30.1. The number of fused-ring (bicyclic) bond motifs is 1. The molecule has 12 heteroatoms. The van der Waals surface area contributed by atoms with Crippen molar-refractivity contribution in [1.29, 1.82) is 0 Å². The smallest absolute Gasteiger partial charge is 0.429 e. The average Bonchev–Trinajstić information content (AvgIpc) is 2.85. The highest BCUT2D eigenvalue weighted by Crippen LogP contribution is 2.41. The van der Waals surface area contributed by atoms with Crippen molar-refractivity contribution in [2.24, 2.45) is 0 Å². The molecule has 0 saturated carbocycles. The van der Waals surface area contributed by atoms with E-state index in [-0.39, 0.29) is 29.7 Å². The van der Waals surface area contributed by atoms with E-state index in [1.807, 2.05) is 6.92 Å². The van der Waals surface area contributed by atoms with E-state index in [1.54, 1.807) is 0 Å². The summed E-state index contributed by atoms with van der Waals surface area (Å²) >= 11 is 0. The van der Waals surface area contributed by atoms with Gasteiger partial charge in [-0.25, -0.2) is 26.3 Å². The second-order valence-corrected chi connectivity index (χ2v) is 9.22. The molecule has 0 amide bonds. The number of hydrogen-bond acceptors (Lipinski definition) is 1. The molecule has 0 spiro atoms. The van der Waals surface area contributed by atoms with Gasteiger partial charge in [0.1, 0.15) is 34.6 Å². The summed E-state index contributed by atoms with van der Waals surface area (Å²) in [5.41, 5.74) is -4.35. The Balaban J connectivity index is 1.65. The van der Waals surface area contributed by atoms with Gasteiger partial charge in [-0.3, -0.25) is 0 Å². The van der Waals surface area contributed by atoms with Crippen LogP contribution in [-0.2, 0) is 18.7 Å². The third-order valence-electron chi connectivity index (χ3n) is 6.39. The van der Waals surface area contributed by atoms with Gasteiger partial charge in [0, 0.05) is 11.6 Å². The number of alkyl halides is 5. The number of halogens is 11. The molecule has 0 saturated heterocycles. The Hall–Kier alpha value is -3.83. The van der Waals surface area contributed by atoms with E-state index in [2.05, 4.69) is 4.74 Å². The van der Waals surface area contributed by atoms with Gasteiger partial charge in [-0.05, 0) is 53.6 Å². The molecule has 0 aliphatic carbocycles. The van der Waals surface area contributed by atoms with Gasteiger partial charge in [0.15, 0.2) is 11.6 Å². The first-order valence-corrected chi connectivity index (χ1v) is 12.2. The fourth-order valence-corrected chi connectivity index (χ4v) is 4.40. The Bertz CT molecular complexity index is 1610. The van der Waals surface area contributed by atoms with Crippen LogP contribution in [0.1, 0.15) is 42.9 Å². The van der Waals surface area contributed by atoms with Crippen LogP contribution >= 0.6 is 0 Å². The zero-order chi connectivity index (χ0) is 30.3. The molecule has 4 aromatic carbocycles. The highest BCUT2D eigenvalue weighted by atomic mass is 19.4. The van der Waals surface area contributed by atoms with Crippen molar-refractivity contribution in [3.8, 4) is 16.9 Å². The largest absolute Gasteiger partial charge is 0.429 e. The highest BCUT2D eigenvalue weighted by molar-refractivity contribution is 5.86. The maximum atomic E-state index is 14.9. The molecule has 4 rings (SSSR count). The van der Waals surface area contributed by atoms with Gasteiger partial charge >= 0.3 is 12.3 Å². The van der Waals surface area contributed by atoms with Gasteiger partial charge in [-0.15, -0.1) is 0 Å². The van der Waals surface area contributed by atoms with Gasteiger partial charge in [-0.2, -0.15) is 22.0 Å². The maximum Gasteiger partial charge on any atom is 0.429 e. The molecule has 4 aromatic rings. The van der Waals surface area contributed by atoms with Crippen molar-refractivity contribution in [3.05, 3.63) is 100 Å². The summed E-state index contributed by atoms with van der Waals surface area (Å²) in [6.45, 7) is 1.94. The van der Waals surface area contributed by atoms with E-state index in [0.717, 1.165) is 18.9 Å². The van der Waals surface area contributed by atoms with E-state index in [4.69, 9.17) is 0 Å². The van der Waals surface area contributed by atoms with Crippen LogP contribution in [0.25, 0.3) is 21.9 Å². The van der Waals surface area contributed by atoms with Gasteiger partial charge in [0.2, 0.25) is 0 Å². The van der Waals surface area contributed by atoms with Crippen molar-refractivity contribution >= 4 is 10.8 Å². The quantitative estimate of drug-likeness (QED) is 0.146. The third kappa shape index (κ3) is 5.96.